The van der Waals surface area contributed by atoms with Gasteiger partial charge in [-0.2, -0.15) is 0 Å². The van der Waals surface area contributed by atoms with E-state index in [2.05, 4.69) is 10.2 Å². The molecule has 3 rings (SSSR count). The van der Waals surface area contributed by atoms with Crippen LogP contribution in [0.5, 0.6) is 0 Å². The maximum atomic E-state index is 13.5. The smallest absolute Gasteiger partial charge is 0.253 e. The molecule has 1 aliphatic heterocycles. The molecule has 0 saturated carbocycles. The third-order valence-corrected chi connectivity index (χ3v) is 4.59. The van der Waals surface area contributed by atoms with Gasteiger partial charge in [0.25, 0.3) is 5.91 Å². The number of para-hydroxylation sites is 1. The Kier molecular flexibility index (Phi) is 5.28. The molecule has 3 N–H and O–H groups in total. The maximum Gasteiger partial charge on any atom is 0.253 e. The highest BCUT2D eigenvalue weighted by atomic mass is 19.1. The third kappa shape index (κ3) is 3.96. The molecule has 1 saturated heterocycles. The first-order valence-electron chi connectivity index (χ1n) is 8.38. The lowest BCUT2D eigenvalue weighted by atomic mass is 10.0. The zero-order valence-corrected chi connectivity index (χ0v) is 13.8. The summed E-state index contributed by atoms with van der Waals surface area (Å²) in [5.74, 6) is -1.31. The first kappa shape index (κ1) is 17.4. The standard InChI is InChI=1S/C19H21F2N3O/c20-14-8-6-13(7-9-14)17(24-10-1-2-11-24)12-23-19(25)15-4-3-5-16(21)18(15)22/h3-9,17H,1-2,10-12,22H2,(H,23,25). The van der Waals surface area contributed by atoms with Crippen molar-refractivity contribution in [3.63, 3.8) is 0 Å². The lowest BCUT2D eigenvalue weighted by Crippen LogP contribution is -2.37. The molecule has 0 aliphatic carbocycles. The van der Waals surface area contributed by atoms with Crippen LogP contribution in [0.4, 0.5) is 14.5 Å². The molecule has 0 spiro atoms. The average Bonchev–Trinajstić information content (AvgIpc) is 3.13. The van der Waals surface area contributed by atoms with E-state index in [1.165, 1.54) is 30.3 Å². The van der Waals surface area contributed by atoms with Gasteiger partial charge in [0.2, 0.25) is 0 Å². The minimum absolute atomic E-state index is 0.0539. The van der Waals surface area contributed by atoms with Crippen LogP contribution in [-0.4, -0.2) is 30.4 Å². The van der Waals surface area contributed by atoms with Crippen LogP contribution in [0, 0.1) is 11.6 Å². The predicted molar refractivity (Wildman–Crippen MR) is 93.1 cm³/mol. The number of likely N-dealkylation sites (tertiary alicyclic amines) is 1. The van der Waals surface area contributed by atoms with Gasteiger partial charge in [-0.1, -0.05) is 18.2 Å². The van der Waals surface area contributed by atoms with Gasteiger partial charge >= 0.3 is 0 Å². The molecule has 0 bridgehead atoms. The highest BCUT2D eigenvalue weighted by molar-refractivity contribution is 5.99. The number of rotatable bonds is 5. The van der Waals surface area contributed by atoms with Crippen LogP contribution in [0.3, 0.4) is 0 Å². The highest BCUT2D eigenvalue weighted by Gasteiger charge is 2.24. The Morgan fingerprint density at radius 1 is 1.12 bits per heavy atom. The number of hydrogen-bond donors (Lipinski definition) is 2. The Morgan fingerprint density at radius 3 is 2.48 bits per heavy atom. The number of hydrogen-bond acceptors (Lipinski definition) is 3. The Balaban J connectivity index is 1.75. The van der Waals surface area contributed by atoms with Crippen molar-refractivity contribution in [2.24, 2.45) is 0 Å². The molecular weight excluding hydrogens is 324 g/mol. The van der Waals surface area contributed by atoms with E-state index in [4.69, 9.17) is 5.73 Å². The summed E-state index contributed by atoms with van der Waals surface area (Å²) in [6.07, 6.45) is 2.20. The summed E-state index contributed by atoms with van der Waals surface area (Å²) in [5.41, 5.74) is 6.56. The summed E-state index contributed by atoms with van der Waals surface area (Å²) in [6, 6.07) is 10.4. The minimum atomic E-state index is -0.609. The van der Waals surface area contributed by atoms with Gasteiger partial charge in [-0.25, -0.2) is 8.78 Å². The Labute approximate surface area is 145 Å². The Hall–Kier alpha value is -2.47. The second-order valence-corrected chi connectivity index (χ2v) is 6.22. The third-order valence-electron chi connectivity index (χ3n) is 4.59. The first-order chi connectivity index (χ1) is 12.1. The van der Waals surface area contributed by atoms with Crippen LogP contribution in [0.2, 0.25) is 0 Å². The number of nitrogens with zero attached hydrogens (tertiary/aromatic N) is 1. The van der Waals surface area contributed by atoms with E-state index in [1.807, 2.05) is 0 Å². The van der Waals surface area contributed by atoms with Gasteiger partial charge in [0.15, 0.2) is 0 Å². The number of carbonyl (C=O) groups excluding carboxylic acids is 1. The first-order valence-corrected chi connectivity index (χ1v) is 8.38. The second kappa shape index (κ2) is 7.61. The monoisotopic (exact) mass is 345 g/mol. The molecular formula is C19H21F2N3O. The molecule has 132 valence electrons. The van der Waals surface area contributed by atoms with Crippen molar-refractivity contribution in [1.29, 1.82) is 0 Å². The van der Waals surface area contributed by atoms with Crippen molar-refractivity contribution in [1.82, 2.24) is 10.2 Å². The van der Waals surface area contributed by atoms with Crippen molar-refractivity contribution in [2.45, 2.75) is 18.9 Å². The van der Waals surface area contributed by atoms with E-state index in [1.54, 1.807) is 12.1 Å². The number of nitrogen functional groups attached to an aromatic ring is 1. The predicted octanol–water partition coefficient (Wildman–Crippen LogP) is 3.11. The molecule has 1 amide bonds. The van der Waals surface area contributed by atoms with E-state index in [0.717, 1.165) is 31.5 Å². The van der Waals surface area contributed by atoms with E-state index in [9.17, 15) is 13.6 Å². The molecule has 2 aromatic rings. The molecule has 1 fully saturated rings. The summed E-state index contributed by atoms with van der Waals surface area (Å²) in [7, 11) is 0. The molecule has 25 heavy (non-hydrogen) atoms. The molecule has 1 unspecified atom stereocenters. The normalized spacial score (nSPS) is 15.9. The topological polar surface area (TPSA) is 58.4 Å². The Bertz CT molecular complexity index is 743. The van der Waals surface area contributed by atoms with Crippen molar-refractivity contribution < 1.29 is 13.6 Å². The van der Waals surface area contributed by atoms with E-state index < -0.39 is 11.7 Å². The number of anilines is 1. The lowest BCUT2D eigenvalue weighted by Gasteiger charge is -2.28. The molecule has 0 aromatic heterocycles. The summed E-state index contributed by atoms with van der Waals surface area (Å²) in [5, 5.41) is 2.84. The Morgan fingerprint density at radius 2 is 1.80 bits per heavy atom. The fourth-order valence-electron chi connectivity index (χ4n) is 3.22. The molecule has 1 heterocycles. The second-order valence-electron chi connectivity index (χ2n) is 6.22. The van der Waals surface area contributed by atoms with Gasteiger partial charge in [-0.15, -0.1) is 0 Å². The number of carbonyl (C=O) groups is 1. The maximum absolute atomic E-state index is 13.5. The van der Waals surface area contributed by atoms with E-state index >= 15 is 0 Å². The zero-order valence-electron chi connectivity index (χ0n) is 13.8. The van der Waals surface area contributed by atoms with Crippen LogP contribution in [-0.2, 0) is 0 Å². The molecule has 6 heteroatoms. The van der Waals surface area contributed by atoms with Crippen LogP contribution < -0.4 is 11.1 Å². The van der Waals surface area contributed by atoms with Crippen LogP contribution in [0.15, 0.2) is 42.5 Å². The van der Waals surface area contributed by atoms with Crippen LogP contribution >= 0.6 is 0 Å². The fourth-order valence-corrected chi connectivity index (χ4v) is 3.22. The highest BCUT2D eigenvalue weighted by Crippen LogP contribution is 2.25. The van der Waals surface area contributed by atoms with Gasteiger partial charge in [0.05, 0.1) is 17.3 Å². The SMILES string of the molecule is Nc1c(F)cccc1C(=O)NCC(c1ccc(F)cc1)N1CCCC1. The minimum Gasteiger partial charge on any atom is -0.396 e. The number of benzene rings is 2. The lowest BCUT2D eigenvalue weighted by molar-refractivity contribution is 0.0938. The number of halogens is 2. The fraction of sp³-hybridized carbons (Fsp3) is 0.316. The van der Waals surface area contributed by atoms with Gasteiger partial charge in [-0.3, -0.25) is 9.69 Å². The van der Waals surface area contributed by atoms with Crippen molar-refractivity contribution in [3.8, 4) is 0 Å². The molecule has 4 nitrogen and oxygen atoms in total. The van der Waals surface area contributed by atoms with E-state index in [0.29, 0.717) is 6.54 Å². The van der Waals surface area contributed by atoms with Crippen molar-refractivity contribution >= 4 is 11.6 Å². The zero-order chi connectivity index (χ0) is 17.8. The molecule has 2 aromatic carbocycles. The number of nitrogens with two attached hydrogens (primary N) is 1. The summed E-state index contributed by atoms with van der Waals surface area (Å²) < 4.78 is 26.8. The molecule has 0 radical (unpaired) electrons. The van der Waals surface area contributed by atoms with Crippen molar-refractivity contribution in [2.75, 3.05) is 25.4 Å². The quantitative estimate of drug-likeness (QED) is 0.819. The van der Waals surface area contributed by atoms with Crippen LogP contribution in [0.1, 0.15) is 34.8 Å². The largest absolute Gasteiger partial charge is 0.396 e. The number of amides is 1. The van der Waals surface area contributed by atoms with Gasteiger partial charge in [0, 0.05) is 6.54 Å². The summed E-state index contributed by atoms with van der Waals surface area (Å²) >= 11 is 0. The van der Waals surface area contributed by atoms with Gasteiger partial charge in [-0.05, 0) is 55.8 Å². The van der Waals surface area contributed by atoms with E-state index in [-0.39, 0.29) is 23.1 Å². The molecule has 1 atom stereocenters. The summed E-state index contributed by atoms with van der Waals surface area (Å²) in [4.78, 5) is 14.7. The van der Waals surface area contributed by atoms with Crippen LogP contribution in [0.25, 0.3) is 0 Å². The molecule has 1 aliphatic rings. The van der Waals surface area contributed by atoms with Gasteiger partial charge in [0.1, 0.15) is 11.6 Å². The van der Waals surface area contributed by atoms with Crippen molar-refractivity contribution in [3.05, 3.63) is 65.2 Å². The summed E-state index contributed by atoms with van der Waals surface area (Å²) in [6.45, 7) is 2.21. The number of nitrogens with one attached hydrogen (secondary N) is 1. The van der Waals surface area contributed by atoms with Gasteiger partial charge < -0.3 is 11.1 Å². The average molecular weight is 345 g/mol.